The van der Waals surface area contributed by atoms with Gasteiger partial charge in [-0.2, -0.15) is 0 Å². The van der Waals surface area contributed by atoms with Gasteiger partial charge in [0.25, 0.3) is 11.8 Å². The Labute approximate surface area is 138 Å². The first kappa shape index (κ1) is 15.5. The van der Waals surface area contributed by atoms with Gasteiger partial charge in [-0.1, -0.05) is 17.4 Å². The summed E-state index contributed by atoms with van der Waals surface area (Å²) in [5.41, 5.74) is 2.09. The monoisotopic (exact) mass is 330 g/mol. The fourth-order valence-corrected chi connectivity index (χ4v) is 2.74. The third kappa shape index (κ3) is 3.68. The number of carbonyl (C=O) groups is 2. The van der Waals surface area contributed by atoms with Crippen LogP contribution in [0.1, 0.15) is 38.4 Å². The Morgan fingerprint density at radius 2 is 2.04 bits per heavy atom. The molecule has 1 aromatic carbocycles. The van der Waals surface area contributed by atoms with Gasteiger partial charge in [-0.25, -0.2) is 4.98 Å². The number of aryl methyl sites for hydroxylation is 1. The molecule has 2 amide bonds. The van der Waals surface area contributed by atoms with Gasteiger partial charge in [-0.05, 0) is 37.5 Å². The maximum absolute atomic E-state index is 12.3. The first-order chi connectivity index (χ1) is 11.1. The van der Waals surface area contributed by atoms with Crippen molar-refractivity contribution in [2.24, 2.45) is 0 Å². The molecule has 1 heterocycles. The van der Waals surface area contributed by atoms with Crippen LogP contribution in [0, 0.1) is 6.92 Å². The van der Waals surface area contributed by atoms with Crippen molar-refractivity contribution in [2.75, 3.05) is 17.7 Å². The molecule has 6 nitrogen and oxygen atoms in total. The number of rotatable bonds is 5. The normalized spacial score (nSPS) is 13.5. The van der Waals surface area contributed by atoms with Crippen LogP contribution in [0.3, 0.4) is 0 Å². The maximum atomic E-state index is 12.3. The van der Waals surface area contributed by atoms with Crippen molar-refractivity contribution in [3.05, 3.63) is 40.4 Å². The minimum absolute atomic E-state index is 0.0988. The summed E-state index contributed by atoms with van der Waals surface area (Å²) in [4.78, 5) is 29.0. The van der Waals surface area contributed by atoms with Gasteiger partial charge >= 0.3 is 0 Å². The molecule has 0 unspecified atom stereocenters. The Hall–Kier alpha value is -2.41. The number of nitrogens with one attached hydrogen (secondary N) is 3. The fourth-order valence-electron chi connectivity index (χ4n) is 2.07. The van der Waals surface area contributed by atoms with Crippen molar-refractivity contribution < 1.29 is 9.59 Å². The summed E-state index contributed by atoms with van der Waals surface area (Å²) >= 11 is 1.28. The van der Waals surface area contributed by atoms with Crippen molar-refractivity contribution in [1.29, 1.82) is 0 Å². The minimum atomic E-state index is -0.230. The summed E-state index contributed by atoms with van der Waals surface area (Å²) < 4.78 is 0. The minimum Gasteiger partial charge on any atom is -0.365 e. The number of anilines is 2. The molecule has 1 aliphatic rings. The van der Waals surface area contributed by atoms with Gasteiger partial charge in [0.15, 0.2) is 5.13 Å². The molecule has 0 aliphatic heterocycles. The third-order valence-corrected chi connectivity index (χ3v) is 4.62. The van der Waals surface area contributed by atoms with E-state index in [9.17, 15) is 9.59 Å². The summed E-state index contributed by atoms with van der Waals surface area (Å²) in [6, 6.07) is 5.63. The van der Waals surface area contributed by atoms with Crippen LogP contribution in [-0.2, 0) is 0 Å². The van der Waals surface area contributed by atoms with Gasteiger partial charge in [0.2, 0.25) is 0 Å². The van der Waals surface area contributed by atoms with Gasteiger partial charge < -0.3 is 16.0 Å². The number of hydrogen-bond acceptors (Lipinski definition) is 5. The van der Waals surface area contributed by atoms with E-state index in [-0.39, 0.29) is 11.8 Å². The highest BCUT2D eigenvalue weighted by Gasteiger charge is 2.24. The number of carbonyl (C=O) groups excluding carboxylic acids is 2. The Morgan fingerprint density at radius 3 is 2.70 bits per heavy atom. The van der Waals surface area contributed by atoms with Crippen molar-refractivity contribution >= 4 is 34.0 Å². The summed E-state index contributed by atoms with van der Waals surface area (Å²) in [5.74, 6) is -0.329. The molecule has 0 saturated heterocycles. The third-order valence-electron chi connectivity index (χ3n) is 3.60. The van der Waals surface area contributed by atoms with E-state index in [4.69, 9.17) is 0 Å². The second kappa shape index (κ2) is 6.37. The van der Waals surface area contributed by atoms with E-state index in [1.54, 1.807) is 19.2 Å². The zero-order valence-corrected chi connectivity index (χ0v) is 13.8. The van der Waals surface area contributed by atoms with Gasteiger partial charge in [-0.3, -0.25) is 9.59 Å². The van der Waals surface area contributed by atoms with Crippen molar-refractivity contribution in [1.82, 2.24) is 10.3 Å². The van der Waals surface area contributed by atoms with Crippen LogP contribution in [0.5, 0.6) is 0 Å². The molecule has 0 bridgehead atoms. The lowest BCUT2D eigenvalue weighted by molar-refractivity contribution is 0.0949. The van der Waals surface area contributed by atoms with Gasteiger partial charge in [0.05, 0.1) is 6.20 Å². The largest absolute Gasteiger partial charge is 0.365 e. The first-order valence-corrected chi connectivity index (χ1v) is 8.25. The van der Waals surface area contributed by atoms with Crippen molar-refractivity contribution in [3.8, 4) is 0 Å². The SMILES string of the molecule is CNc1ncc(C(=O)Nc2cc(C(=O)NC3CC3)ccc2C)s1. The number of benzene rings is 1. The van der Waals surface area contributed by atoms with Crippen LogP contribution in [0.25, 0.3) is 0 Å². The number of aromatic nitrogens is 1. The van der Waals surface area contributed by atoms with E-state index in [2.05, 4.69) is 20.9 Å². The van der Waals surface area contributed by atoms with Crippen LogP contribution >= 0.6 is 11.3 Å². The van der Waals surface area contributed by atoms with Crippen molar-refractivity contribution in [2.45, 2.75) is 25.8 Å². The lowest BCUT2D eigenvalue weighted by Gasteiger charge is -2.10. The Bertz CT molecular complexity index is 752. The highest BCUT2D eigenvalue weighted by molar-refractivity contribution is 7.17. The van der Waals surface area contributed by atoms with Gasteiger partial charge in [0, 0.05) is 24.3 Å². The molecular weight excluding hydrogens is 312 g/mol. The number of hydrogen-bond donors (Lipinski definition) is 3. The summed E-state index contributed by atoms with van der Waals surface area (Å²) in [6.45, 7) is 1.89. The molecule has 7 heteroatoms. The van der Waals surface area contributed by atoms with Crippen LogP contribution in [-0.4, -0.2) is 29.9 Å². The standard InChI is InChI=1S/C16H18N4O2S/c1-9-3-4-10(14(21)19-11-5-6-11)7-12(9)20-15(22)13-8-18-16(17-2)23-13/h3-4,7-8,11H,5-6H2,1-2H3,(H,17,18)(H,19,21)(H,20,22). The van der Waals surface area contributed by atoms with E-state index >= 15 is 0 Å². The summed E-state index contributed by atoms with van der Waals surface area (Å²) in [7, 11) is 1.76. The molecule has 3 rings (SSSR count). The number of thiazole rings is 1. The van der Waals surface area contributed by atoms with E-state index < -0.39 is 0 Å². The van der Waals surface area contributed by atoms with Crippen LogP contribution in [0.2, 0.25) is 0 Å². The van der Waals surface area contributed by atoms with Crippen molar-refractivity contribution in [3.63, 3.8) is 0 Å². The Morgan fingerprint density at radius 1 is 1.26 bits per heavy atom. The van der Waals surface area contributed by atoms with E-state index in [0.29, 0.717) is 27.3 Å². The van der Waals surface area contributed by atoms with E-state index in [1.165, 1.54) is 17.5 Å². The molecule has 1 aromatic heterocycles. The van der Waals surface area contributed by atoms with Crippen LogP contribution in [0.4, 0.5) is 10.8 Å². The molecule has 2 aromatic rings. The number of amides is 2. The molecule has 3 N–H and O–H groups in total. The van der Waals surface area contributed by atoms with Gasteiger partial charge in [0.1, 0.15) is 4.88 Å². The van der Waals surface area contributed by atoms with Crippen LogP contribution < -0.4 is 16.0 Å². The average Bonchev–Trinajstić information content (AvgIpc) is 3.22. The smallest absolute Gasteiger partial charge is 0.267 e. The predicted molar refractivity (Wildman–Crippen MR) is 91.3 cm³/mol. The highest BCUT2D eigenvalue weighted by atomic mass is 32.1. The predicted octanol–water partition coefficient (Wildman–Crippen LogP) is 2.64. The van der Waals surface area contributed by atoms with Crippen LogP contribution in [0.15, 0.2) is 24.4 Å². The lowest BCUT2D eigenvalue weighted by Crippen LogP contribution is -2.25. The molecule has 0 atom stereocenters. The zero-order valence-electron chi connectivity index (χ0n) is 13.0. The summed E-state index contributed by atoms with van der Waals surface area (Å²) in [6.07, 6.45) is 3.62. The molecule has 23 heavy (non-hydrogen) atoms. The number of nitrogens with zero attached hydrogens (tertiary/aromatic N) is 1. The first-order valence-electron chi connectivity index (χ1n) is 7.43. The second-order valence-electron chi connectivity index (χ2n) is 5.51. The molecule has 1 aliphatic carbocycles. The quantitative estimate of drug-likeness (QED) is 0.787. The Balaban J connectivity index is 1.75. The fraction of sp³-hybridized carbons (Fsp3) is 0.312. The van der Waals surface area contributed by atoms with E-state index in [1.807, 2.05) is 13.0 Å². The molecule has 0 spiro atoms. The molecular formula is C16H18N4O2S. The highest BCUT2D eigenvalue weighted by Crippen LogP contribution is 2.23. The second-order valence-corrected chi connectivity index (χ2v) is 6.54. The van der Waals surface area contributed by atoms with E-state index in [0.717, 1.165) is 18.4 Å². The van der Waals surface area contributed by atoms with Gasteiger partial charge in [-0.15, -0.1) is 0 Å². The Kier molecular flexibility index (Phi) is 4.29. The molecule has 1 saturated carbocycles. The molecule has 1 fully saturated rings. The molecule has 120 valence electrons. The zero-order chi connectivity index (χ0) is 16.4. The topological polar surface area (TPSA) is 83.1 Å². The average molecular weight is 330 g/mol. The molecule has 0 radical (unpaired) electrons. The summed E-state index contributed by atoms with van der Waals surface area (Å²) in [5, 5.41) is 9.38. The lowest BCUT2D eigenvalue weighted by atomic mass is 10.1. The maximum Gasteiger partial charge on any atom is 0.267 e.